The molecule has 0 aromatic heterocycles. The zero-order chi connectivity index (χ0) is 7.66. The Hall–Kier alpha value is -0.200. The number of methoxy groups -OCH3 is 1. The highest BCUT2D eigenvalue weighted by Gasteiger charge is 1.85. The van der Waals surface area contributed by atoms with Crippen LogP contribution in [0, 0.1) is 0 Å². The van der Waals surface area contributed by atoms with E-state index in [0.717, 1.165) is 0 Å². The second kappa shape index (κ2) is 8.80. The third-order valence-corrected chi connectivity index (χ3v) is 0.750. The highest BCUT2D eigenvalue weighted by molar-refractivity contribution is 4.20. The van der Waals surface area contributed by atoms with E-state index >= 15 is 0 Å². The summed E-state index contributed by atoms with van der Waals surface area (Å²) in [6, 6.07) is 0. The van der Waals surface area contributed by atoms with Gasteiger partial charge in [0.05, 0.1) is 13.2 Å². The lowest BCUT2D eigenvalue weighted by atomic mass is 10.8. The Morgan fingerprint density at radius 2 is 1.90 bits per heavy atom. The van der Waals surface area contributed by atoms with Crippen molar-refractivity contribution in [2.45, 2.75) is 0 Å². The smallest absolute Gasteiger partial charge is 0.169 e. The molecule has 0 radical (unpaired) electrons. The second-order valence-electron chi connectivity index (χ2n) is 1.51. The Labute approximate surface area is 59.9 Å². The number of rotatable bonds is 7. The van der Waals surface area contributed by atoms with Crippen molar-refractivity contribution in [3.05, 3.63) is 0 Å². The standard InChI is InChI=1S/C5H13NO4/c1-7-2-3-8-4-9-5-10-6/h2-6H2,1H3. The molecule has 0 fully saturated rings. The molecule has 0 aliphatic heterocycles. The van der Waals surface area contributed by atoms with Gasteiger partial charge < -0.3 is 14.2 Å². The van der Waals surface area contributed by atoms with Crippen molar-refractivity contribution >= 4 is 0 Å². The van der Waals surface area contributed by atoms with Gasteiger partial charge in [-0.1, -0.05) is 0 Å². The summed E-state index contributed by atoms with van der Waals surface area (Å²) in [5.74, 6) is 4.66. The maximum Gasteiger partial charge on any atom is 0.169 e. The molecule has 0 aliphatic carbocycles. The summed E-state index contributed by atoms with van der Waals surface area (Å²) in [5, 5.41) is 0. The van der Waals surface area contributed by atoms with E-state index in [2.05, 4.69) is 10.7 Å². The average Bonchev–Trinajstić information content (AvgIpc) is 1.97. The van der Waals surface area contributed by atoms with Gasteiger partial charge in [0.15, 0.2) is 6.79 Å². The molecule has 0 heterocycles. The molecule has 10 heavy (non-hydrogen) atoms. The summed E-state index contributed by atoms with van der Waals surface area (Å²) in [6.07, 6.45) is 0. The molecular formula is C5H13NO4. The van der Waals surface area contributed by atoms with E-state index < -0.39 is 0 Å². The SMILES string of the molecule is COCCOCOCON. The van der Waals surface area contributed by atoms with Gasteiger partial charge in [-0.3, -0.25) is 4.84 Å². The van der Waals surface area contributed by atoms with Gasteiger partial charge in [-0.2, -0.15) is 0 Å². The van der Waals surface area contributed by atoms with Crippen LogP contribution in [0.3, 0.4) is 0 Å². The number of hydrogen-bond donors (Lipinski definition) is 1. The van der Waals surface area contributed by atoms with E-state index in [4.69, 9.17) is 14.2 Å². The maximum atomic E-state index is 4.89. The van der Waals surface area contributed by atoms with E-state index in [1.54, 1.807) is 7.11 Å². The highest BCUT2D eigenvalue weighted by Crippen LogP contribution is 1.77. The number of ether oxygens (including phenoxy) is 3. The fourth-order valence-corrected chi connectivity index (χ4v) is 0.342. The molecule has 0 amide bonds. The number of nitrogens with two attached hydrogens (primary N) is 1. The summed E-state index contributed by atoms with van der Waals surface area (Å²) in [5.41, 5.74) is 0. The van der Waals surface area contributed by atoms with Crippen molar-refractivity contribution in [2.75, 3.05) is 33.9 Å². The van der Waals surface area contributed by atoms with E-state index in [0.29, 0.717) is 13.2 Å². The third-order valence-electron chi connectivity index (χ3n) is 0.750. The minimum Gasteiger partial charge on any atom is -0.382 e. The fraction of sp³-hybridized carbons (Fsp3) is 1.00. The van der Waals surface area contributed by atoms with Gasteiger partial charge in [-0.25, -0.2) is 5.90 Å². The molecule has 5 nitrogen and oxygen atoms in total. The Kier molecular flexibility index (Phi) is 8.62. The molecule has 0 aromatic rings. The van der Waals surface area contributed by atoms with E-state index in [1.807, 2.05) is 0 Å². The molecule has 5 heteroatoms. The van der Waals surface area contributed by atoms with Crippen LogP contribution < -0.4 is 5.90 Å². The topological polar surface area (TPSA) is 62.9 Å². The molecular weight excluding hydrogens is 138 g/mol. The normalized spacial score (nSPS) is 10.2. The van der Waals surface area contributed by atoms with Crippen LogP contribution in [0.25, 0.3) is 0 Å². The summed E-state index contributed by atoms with van der Waals surface area (Å²) < 4.78 is 14.3. The largest absolute Gasteiger partial charge is 0.382 e. The second-order valence-corrected chi connectivity index (χ2v) is 1.51. The van der Waals surface area contributed by atoms with Gasteiger partial charge in [0.25, 0.3) is 0 Å². The van der Waals surface area contributed by atoms with E-state index in [9.17, 15) is 0 Å². The fourth-order valence-electron chi connectivity index (χ4n) is 0.342. The summed E-state index contributed by atoms with van der Waals surface area (Å²) >= 11 is 0. The molecule has 0 aromatic carbocycles. The molecule has 2 N–H and O–H groups in total. The van der Waals surface area contributed by atoms with Crippen LogP contribution in [0.2, 0.25) is 0 Å². The van der Waals surface area contributed by atoms with Crippen molar-refractivity contribution in [1.29, 1.82) is 0 Å². The van der Waals surface area contributed by atoms with Gasteiger partial charge >= 0.3 is 0 Å². The van der Waals surface area contributed by atoms with Gasteiger partial charge in [0.1, 0.15) is 6.79 Å². The zero-order valence-corrected chi connectivity index (χ0v) is 6.04. The molecule has 0 spiro atoms. The van der Waals surface area contributed by atoms with Crippen molar-refractivity contribution < 1.29 is 19.0 Å². The zero-order valence-electron chi connectivity index (χ0n) is 6.04. The molecule has 0 atom stereocenters. The Bertz CT molecular complexity index is 53.6. The Morgan fingerprint density at radius 3 is 2.50 bits per heavy atom. The molecule has 0 saturated carbocycles. The third kappa shape index (κ3) is 7.80. The first-order chi connectivity index (χ1) is 4.91. The van der Waals surface area contributed by atoms with Crippen molar-refractivity contribution in [2.24, 2.45) is 5.90 Å². The van der Waals surface area contributed by atoms with Crippen LogP contribution in [0.4, 0.5) is 0 Å². The van der Waals surface area contributed by atoms with Gasteiger partial charge in [0, 0.05) is 7.11 Å². The molecule has 0 bridgehead atoms. The minimum atomic E-state index is 0.0486. The summed E-state index contributed by atoms with van der Waals surface area (Å²) in [4.78, 5) is 4.11. The van der Waals surface area contributed by atoms with E-state index in [1.165, 1.54) is 0 Å². The monoisotopic (exact) mass is 151 g/mol. The molecule has 0 saturated heterocycles. The lowest BCUT2D eigenvalue weighted by molar-refractivity contribution is -0.136. The predicted molar refractivity (Wildman–Crippen MR) is 33.9 cm³/mol. The lowest BCUT2D eigenvalue weighted by Gasteiger charge is -2.02. The summed E-state index contributed by atoms with van der Waals surface area (Å²) in [7, 11) is 1.60. The van der Waals surface area contributed by atoms with Crippen LogP contribution in [0.15, 0.2) is 0 Å². The molecule has 0 unspecified atom stereocenters. The van der Waals surface area contributed by atoms with Crippen molar-refractivity contribution in [3.63, 3.8) is 0 Å². The summed E-state index contributed by atoms with van der Waals surface area (Å²) in [6.45, 7) is 1.31. The van der Waals surface area contributed by atoms with Crippen LogP contribution in [0.1, 0.15) is 0 Å². The Morgan fingerprint density at radius 1 is 1.10 bits per heavy atom. The van der Waals surface area contributed by atoms with Crippen LogP contribution in [-0.4, -0.2) is 33.9 Å². The minimum absolute atomic E-state index is 0.0486. The lowest BCUT2D eigenvalue weighted by Crippen LogP contribution is -2.10. The first-order valence-electron chi connectivity index (χ1n) is 2.88. The predicted octanol–water partition coefficient (Wildman–Crippen LogP) is -0.529. The first-order valence-corrected chi connectivity index (χ1v) is 2.88. The van der Waals surface area contributed by atoms with Gasteiger partial charge in [0.2, 0.25) is 0 Å². The highest BCUT2D eigenvalue weighted by atomic mass is 16.8. The average molecular weight is 151 g/mol. The molecule has 62 valence electrons. The molecule has 0 aliphatic rings. The maximum absolute atomic E-state index is 4.89. The van der Waals surface area contributed by atoms with Crippen LogP contribution in [-0.2, 0) is 19.0 Å². The van der Waals surface area contributed by atoms with Crippen LogP contribution >= 0.6 is 0 Å². The number of hydrogen-bond acceptors (Lipinski definition) is 5. The van der Waals surface area contributed by atoms with Gasteiger partial charge in [-0.15, -0.1) is 0 Å². The quantitative estimate of drug-likeness (QED) is 0.301. The van der Waals surface area contributed by atoms with E-state index in [-0.39, 0.29) is 13.6 Å². The van der Waals surface area contributed by atoms with Crippen molar-refractivity contribution in [1.82, 2.24) is 0 Å². The van der Waals surface area contributed by atoms with Crippen LogP contribution in [0.5, 0.6) is 0 Å². The first kappa shape index (κ1) is 9.80. The molecule has 0 rings (SSSR count). The Balaban J connectivity index is 2.65. The van der Waals surface area contributed by atoms with Crippen molar-refractivity contribution in [3.8, 4) is 0 Å². The van der Waals surface area contributed by atoms with Gasteiger partial charge in [-0.05, 0) is 0 Å².